The van der Waals surface area contributed by atoms with Gasteiger partial charge >= 0.3 is 0 Å². The Labute approximate surface area is 104 Å². The first-order chi connectivity index (χ1) is 8.77. The van der Waals surface area contributed by atoms with Gasteiger partial charge in [0.25, 0.3) is 0 Å². The number of rotatable bonds is 5. The number of hydrogen-bond donors (Lipinski definition) is 0. The lowest BCUT2D eigenvalue weighted by Gasteiger charge is -2.06. The van der Waals surface area contributed by atoms with E-state index in [9.17, 15) is 9.18 Å². The Morgan fingerprint density at radius 3 is 2.89 bits per heavy atom. The molecule has 4 nitrogen and oxygen atoms in total. The van der Waals surface area contributed by atoms with Crippen LogP contribution in [-0.4, -0.2) is 22.3 Å². The molecule has 0 spiro atoms. The highest BCUT2D eigenvalue weighted by molar-refractivity contribution is 5.77. The Morgan fingerprint density at radius 2 is 2.17 bits per heavy atom. The number of para-hydroxylation sites is 1. The van der Waals surface area contributed by atoms with Crippen LogP contribution in [0.25, 0.3) is 0 Å². The summed E-state index contributed by atoms with van der Waals surface area (Å²) in [6.45, 7) is 0.300. The number of carbonyl (C=O) groups is 1. The van der Waals surface area contributed by atoms with Gasteiger partial charge in [-0.15, -0.1) is 0 Å². The van der Waals surface area contributed by atoms with Gasteiger partial charge in [-0.05, 0) is 24.6 Å². The topological polar surface area (TPSA) is 44.1 Å². The molecular formula is C13H13FN2O2. The third-order valence-corrected chi connectivity index (χ3v) is 2.39. The number of nitrogens with zero attached hydrogens (tertiary/aromatic N) is 2. The summed E-state index contributed by atoms with van der Waals surface area (Å²) >= 11 is 0. The molecule has 2 rings (SSSR count). The highest BCUT2D eigenvalue weighted by atomic mass is 19.1. The smallest absolute Gasteiger partial charge is 0.246 e. The molecule has 18 heavy (non-hydrogen) atoms. The maximum Gasteiger partial charge on any atom is 0.246 e. The van der Waals surface area contributed by atoms with Crippen molar-refractivity contribution in [2.45, 2.75) is 12.8 Å². The van der Waals surface area contributed by atoms with Crippen LogP contribution in [0, 0.1) is 5.82 Å². The fraction of sp³-hybridized carbons (Fsp3) is 0.231. The van der Waals surface area contributed by atoms with Crippen molar-refractivity contribution < 1.29 is 13.9 Å². The lowest BCUT2D eigenvalue weighted by Crippen LogP contribution is -2.12. The fourth-order valence-electron chi connectivity index (χ4n) is 1.50. The molecule has 0 fully saturated rings. The van der Waals surface area contributed by atoms with Crippen LogP contribution >= 0.6 is 0 Å². The molecule has 0 amide bonds. The summed E-state index contributed by atoms with van der Waals surface area (Å²) in [6.07, 6.45) is 3.98. The number of benzene rings is 1. The lowest BCUT2D eigenvalue weighted by atomic mass is 10.3. The van der Waals surface area contributed by atoms with E-state index in [1.54, 1.807) is 36.7 Å². The molecule has 1 heterocycles. The highest BCUT2D eigenvalue weighted by Gasteiger charge is 2.05. The molecule has 0 bridgehead atoms. The molecule has 0 saturated heterocycles. The van der Waals surface area contributed by atoms with Gasteiger partial charge in [0.2, 0.25) is 5.91 Å². The standard InChI is InChI=1S/C13H13FN2O2/c14-11-5-1-2-6-12(11)18-10-3-7-13(17)16-9-4-8-15-16/h1-2,4-6,8-9H,3,7,10H2. The van der Waals surface area contributed by atoms with E-state index in [-0.39, 0.29) is 11.7 Å². The van der Waals surface area contributed by atoms with Crippen LogP contribution in [0.1, 0.15) is 17.6 Å². The van der Waals surface area contributed by atoms with Crippen LogP contribution in [0.15, 0.2) is 42.7 Å². The Balaban J connectivity index is 1.74. The number of aromatic nitrogens is 2. The van der Waals surface area contributed by atoms with E-state index in [4.69, 9.17) is 4.74 Å². The van der Waals surface area contributed by atoms with E-state index < -0.39 is 5.82 Å². The van der Waals surface area contributed by atoms with Crippen molar-refractivity contribution in [3.63, 3.8) is 0 Å². The molecule has 94 valence electrons. The van der Waals surface area contributed by atoms with Gasteiger partial charge in [0.15, 0.2) is 11.6 Å². The van der Waals surface area contributed by atoms with Crippen molar-refractivity contribution in [3.8, 4) is 5.75 Å². The molecule has 2 aromatic rings. The number of hydrogen-bond acceptors (Lipinski definition) is 3. The molecule has 0 saturated carbocycles. The molecule has 0 unspecified atom stereocenters. The predicted molar refractivity (Wildman–Crippen MR) is 64.0 cm³/mol. The summed E-state index contributed by atoms with van der Waals surface area (Å²) in [5, 5.41) is 3.83. The van der Waals surface area contributed by atoms with Crippen molar-refractivity contribution in [2.24, 2.45) is 0 Å². The second-order valence-corrected chi connectivity index (χ2v) is 3.73. The molecule has 5 heteroatoms. The monoisotopic (exact) mass is 248 g/mol. The first-order valence-corrected chi connectivity index (χ1v) is 5.67. The minimum absolute atomic E-state index is 0.0999. The summed E-state index contributed by atoms with van der Waals surface area (Å²) in [7, 11) is 0. The summed E-state index contributed by atoms with van der Waals surface area (Å²) < 4.78 is 19.7. The molecule has 0 radical (unpaired) electrons. The second kappa shape index (κ2) is 5.95. The largest absolute Gasteiger partial charge is 0.491 e. The van der Waals surface area contributed by atoms with Gasteiger partial charge in [-0.3, -0.25) is 4.79 Å². The molecule has 0 aliphatic carbocycles. The minimum Gasteiger partial charge on any atom is -0.491 e. The Kier molecular flexibility index (Phi) is 4.06. The van der Waals surface area contributed by atoms with Gasteiger partial charge in [-0.25, -0.2) is 9.07 Å². The third kappa shape index (κ3) is 3.16. The van der Waals surface area contributed by atoms with Crippen LogP contribution < -0.4 is 4.74 Å². The van der Waals surface area contributed by atoms with Gasteiger partial charge in [0, 0.05) is 18.8 Å². The first kappa shape index (κ1) is 12.3. The van der Waals surface area contributed by atoms with E-state index >= 15 is 0 Å². The molecular weight excluding hydrogens is 235 g/mol. The van der Waals surface area contributed by atoms with Gasteiger partial charge in [0.05, 0.1) is 6.61 Å². The number of ether oxygens (including phenoxy) is 1. The maximum absolute atomic E-state index is 13.2. The lowest BCUT2D eigenvalue weighted by molar-refractivity contribution is 0.0877. The van der Waals surface area contributed by atoms with Crippen LogP contribution in [-0.2, 0) is 0 Å². The average molecular weight is 248 g/mol. The quantitative estimate of drug-likeness (QED) is 0.764. The minimum atomic E-state index is -0.393. The average Bonchev–Trinajstić information content (AvgIpc) is 2.90. The second-order valence-electron chi connectivity index (χ2n) is 3.73. The summed E-state index contributed by atoms with van der Waals surface area (Å²) in [4.78, 5) is 11.6. The molecule has 0 atom stereocenters. The highest BCUT2D eigenvalue weighted by Crippen LogP contribution is 2.15. The summed E-state index contributed by atoms with van der Waals surface area (Å²) in [5.74, 6) is -0.280. The Morgan fingerprint density at radius 1 is 1.33 bits per heavy atom. The van der Waals surface area contributed by atoms with Crippen molar-refractivity contribution in [1.29, 1.82) is 0 Å². The zero-order chi connectivity index (χ0) is 12.8. The third-order valence-electron chi connectivity index (χ3n) is 2.39. The van der Waals surface area contributed by atoms with Crippen LogP contribution in [0.4, 0.5) is 4.39 Å². The van der Waals surface area contributed by atoms with Crippen molar-refractivity contribution >= 4 is 5.91 Å². The molecule has 0 aliphatic rings. The zero-order valence-electron chi connectivity index (χ0n) is 9.75. The zero-order valence-corrected chi connectivity index (χ0v) is 9.75. The van der Waals surface area contributed by atoms with Crippen LogP contribution in [0.2, 0.25) is 0 Å². The van der Waals surface area contributed by atoms with E-state index in [1.807, 2.05) is 0 Å². The van der Waals surface area contributed by atoms with E-state index in [2.05, 4.69) is 5.10 Å². The van der Waals surface area contributed by atoms with Gasteiger partial charge in [0.1, 0.15) is 0 Å². The maximum atomic E-state index is 13.2. The Bertz CT molecular complexity index is 511. The summed E-state index contributed by atoms with van der Waals surface area (Å²) in [6, 6.07) is 7.89. The molecule has 0 aliphatic heterocycles. The Hall–Kier alpha value is -2.17. The van der Waals surface area contributed by atoms with E-state index in [0.29, 0.717) is 19.4 Å². The van der Waals surface area contributed by atoms with Crippen molar-refractivity contribution in [1.82, 2.24) is 9.78 Å². The molecule has 1 aromatic heterocycles. The van der Waals surface area contributed by atoms with E-state index in [0.717, 1.165) is 0 Å². The number of carbonyl (C=O) groups excluding carboxylic acids is 1. The first-order valence-electron chi connectivity index (χ1n) is 5.67. The summed E-state index contributed by atoms with van der Waals surface area (Å²) in [5.41, 5.74) is 0. The van der Waals surface area contributed by atoms with E-state index in [1.165, 1.54) is 10.7 Å². The van der Waals surface area contributed by atoms with Crippen LogP contribution in [0.5, 0.6) is 5.75 Å². The van der Waals surface area contributed by atoms with Crippen molar-refractivity contribution in [3.05, 3.63) is 48.5 Å². The molecule has 0 N–H and O–H groups in total. The van der Waals surface area contributed by atoms with Gasteiger partial charge in [-0.2, -0.15) is 5.10 Å². The normalized spacial score (nSPS) is 10.3. The van der Waals surface area contributed by atoms with Gasteiger partial charge in [-0.1, -0.05) is 12.1 Å². The van der Waals surface area contributed by atoms with Crippen molar-refractivity contribution in [2.75, 3.05) is 6.61 Å². The fourth-order valence-corrected chi connectivity index (χ4v) is 1.50. The predicted octanol–water partition coefficient (Wildman–Crippen LogP) is 2.52. The molecule has 1 aromatic carbocycles. The SMILES string of the molecule is O=C(CCCOc1ccccc1F)n1cccn1. The number of halogens is 1. The van der Waals surface area contributed by atoms with Gasteiger partial charge < -0.3 is 4.74 Å². The van der Waals surface area contributed by atoms with Crippen LogP contribution in [0.3, 0.4) is 0 Å².